The monoisotopic (exact) mass is 430 g/mol. The van der Waals surface area contributed by atoms with E-state index in [1.165, 1.54) is 4.52 Å². The van der Waals surface area contributed by atoms with Gasteiger partial charge in [-0.3, -0.25) is 0 Å². The van der Waals surface area contributed by atoms with Gasteiger partial charge in [-0.25, -0.2) is 4.79 Å². The molecule has 166 valence electrons. The number of nitrogens with one attached hydrogen (secondary N) is 1. The summed E-state index contributed by atoms with van der Waals surface area (Å²) in [5, 5.41) is 28.7. The Morgan fingerprint density at radius 1 is 1.35 bits per heavy atom. The molecule has 0 bridgehead atoms. The van der Waals surface area contributed by atoms with E-state index in [1.807, 2.05) is 20.8 Å². The number of hydrogen-bond acceptors (Lipinski definition) is 8. The lowest BCUT2D eigenvalue weighted by Gasteiger charge is -2.28. The lowest BCUT2D eigenvalue weighted by molar-refractivity contribution is -0.169. The second kappa shape index (κ2) is 8.60. The lowest BCUT2D eigenvalue weighted by Crippen LogP contribution is -2.37. The number of hydrogen-bond donors (Lipinski definition) is 2. The van der Waals surface area contributed by atoms with Crippen molar-refractivity contribution < 1.29 is 23.9 Å². The summed E-state index contributed by atoms with van der Waals surface area (Å²) in [5.41, 5.74) is 1.20. The van der Waals surface area contributed by atoms with Crippen LogP contribution in [0, 0.1) is 5.41 Å². The Morgan fingerprint density at radius 2 is 2.19 bits per heavy atom. The first kappa shape index (κ1) is 21.2. The molecule has 0 saturated carbocycles. The van der Waals surface area contributed by atoms with Gasteiger partial charge < -0.3 is 24.4 Å². The molecule has 0 spiro atoms. The van der Waals surface area contributed by atoms with E-state index in [9.17, 15) is 9.90 Å². The molecule has 1 fully saturated rings. The van der Waals surface area contributed by atoms with Crippen LogP contribution in [0.3, 0.4) is 0 Å². The van der Waals surface area contributed by atoms with Gasteiger partial charge in [0.2, 0.25) is 0 Å². The minimum atomic E-state index is -1.14. The second-order valence-electron chi connectivity index (χ2n) is 8.58. The van der Waals surface area contributed by atoms with Gasteiger partial charge in [-0.05, 0) is 36.8 Å². The topological polar surface area (TPSA) is 137 Å². The number of carboxylic acid groups (broad SMARTS) is 1. The molecular weight excluding hydrogens is 404 g/mol. The van der Waals surface area contributed by atoms with Crippen LogP contribution >= 0.6 is 0 Å². The molecule has 11 nitrogen and oxygen atoms in total. The fourth-order valence-corrected chi connectivity index (χ4v) is 3.43. The maximum Gasteiger partial charge on any atom is 0.405 e. The summed E-state index contributed by atoms with van der Waals surface area (Å²) in [4.78, 5) is 11.3. The predicted molar refractivity (Wildman–Crippen MR) is 108 cm³/mol. The zero-order valence-electron chi connectivity index (χ0n) is 17.7. The van der Waals surface area contributed by atoms with Crippen LogP contribution in [0.4, 0.5) is 4.79 Å². The molecule has 0 radical (unpaired) electrons. The van der Waals surface area contributed by atoms with Gasteiger partial charge >= 0.3 is 6.09 Å². The Labute approximate surface area is 178 Å². The van der Waals surface area contributed by atoms with Crippen molar-refractivity contribution in [2.75, 3.05) is 6.61 Å². The molecule has 3 aromatic heterocycles. The maximum absolute atomic E-state index is 11.3. The summed E-state index contributed by atoms with van der Waals surface area (Å²) in [7, 11) is 0. The van der Waals surface area contributed by atoms with Gasteiger partial charge in [-0.1, -0.05) is 25.9 Å². The van der Waals surface area contributed by atoms with Crippen molar-refractivity contribution >= 4 is 11.7 Å². The molecule has 2 unspecified atom stereocenters. The van der Waals surface area contributed by atoms with E-state index >= 15 is 0 Å². The molecule has 1 saturated heterocycles. The van der Waals surface area contributed by atoms with Gasteiger partial charge in [0.25, 0.3) is 0 Å². The number of rotatable bonds is 6. The maximum atomic E-state index is 11.3. The third-order valence-corrected chi connectivity index (χ3v) is 5.05. The lowest BCUT2D eigenvalue weighted by atomic mass is 9.86. The molecule has 31 heavy (non-hydrogen) atoms. The Morgan fingerprint density at radius 3 is 2.90 bits per heavy atom. The summed E-state index contributed by atoms with van der Waals surface area (Å²) >= 11 is 0. The molecule has 1 amide bonds. The van der Waals surface area contributed by atoms with Crippen LogP contribution in [-0.2, 0) is 16.1 Å². The van der Waals surface area contributed by atoms with Gasteiger partial charge in [0.1, 0.15) is 11.4 Å². The highest BCUT2D eigenvalue weighted by Crippen LogP contribution is 2.32. The van der Waals surface area contributed by atoms with Gasteiger partial charge in [-0.15, -0.1) is 10.2 Å². The Kier molecular flexibility index (Phi) is 5.88. The number of nitrogens with zero attached hydrogens (tertiary/aromatic N) is 5. The fourth-order valence-electron chi connectivity index (χ4n) is 3.43. The van der Waals surface area contributed by atoms with Crippen LogP contribution < -0.4 is 5.32 Å². The van der Waals surface area contributed by atoms with Gasteiger partial charge in [-0.2, -0.15) is 9.61 Å². The zero-order valence-corrected chi connectivity index (χ0v) is 17.7. The largest absolute Gasteiger partial charge is 0.465 e. The predicted octanol–water partition coefficient (Wildman–Crippen LogP) is 3.18. The Balaban J connectivity index is 1.57. The molecule has 1 aliphatic heterocycles. The van der Waals surface area contributed by atoms with Gasteiger partial charge in [0, 0.05) is 12.7 Å². The van der Waals surface area contributed by atoms with E-state index in [2.05, 4.69) is 25.8 Å². The fraction of sp³-hybridized carbons (Fsp3) is 0.550. The molecular formula is C20H26N6O5. The normalized spacial score (nSPS) is 18.2. The van der Waals surface area contributed by atoms with E-state index in [-0.39, 0.29) is 12.9 Å². The standard InChI is InChI=1S/C20H26N6O5/c1-20(2,3)17(21-19(27)28)18-23-22-15-8-7-13(24-26(15)18)14-10-12(25-31-14)11-30-16-6-4-5-9-29-16/h7-8,10,16-17,21H,4-6,9,11H2,1-3H3,(H,27,28). The quantitative estimate of drug-likeness (QED) is 0.604. The summed E-state index contributed by atoms with van der Waals surface area (Å²) < 4.78 is 18.3. The van der Waals surface area contributed by atoms with Crippen LogP contribution in [0.1, 0.15) is 57.6 Å². The highest BCUT2D eigenvalue weighted by Gasteiger charge is 2.32. The van der Waals surface area contributed by atoms with E-state index in [1.54, 1.807) is 18.2 Å². The van der Waals surface area contributed by atoms with Crippen LogP contribution in [0.5, 0.6) is 0 Å². The first-order chi connectivity index (χ1) is 14.8. The number of carbonyl (C=O) groups is 1. The van der Waals surface area contributed by atoms with E-state index in [4.69, 9.17) is 14.0 Å². The Hall–Kier alpha value is -3.05. The minimum Gasteiger partial charge on any atom is -0.465 e. The van der Waals surface area contributed by atoms with Crippen molar-refractivity contribution in [2.24, 2.45) is 5.41 Å². The highest BCUT2D eigenvalue weighted by atomic mass is 16.7. The van der Waals surface area contributed by atoms with Crippen molar-refractivity contribution in [1.29, 1.82) is 0 Å². The first-order valence-electron chi connectivity index (χ1n) is 10.2. The molecule has 2 N–H and O–H groups in total. The average Bonchev–Trinajstić information content (AvgIpc) is 3.37. The average molecular weight is 430 g/mol. The molecule has 4 heterocycles. The molecule has 1 aliphatic rings. The van der Waals surface area contributed by atoms with Gasteiger partial charge in [0.15, 0.2) is 23.5 Å². The van der Waals surface area contributed by atoms with Crippen LogP contribution in [0.2, 0.25) is 0 Å². The van der Waals surface area contributed by atoms with E-state index < -0.39 is 17.6 Å². The van der Waals surface area contributed by atoms with Crippen molar-refractivity contribution in [3.63, 3.8) is 0 Å². The SMILES string of the molecule is CC(C)(C)C(NC(=O)O)c1nnc2ccc(-c3cc(COC4CCCCO4)no3)nn12. The van der Waals surface area contributed by atoms with E-state index in [0.717, 1.165) is 19.3 Å². The molecule has 4 rings (SSSR count). The number of aromatic nitrogens is 5. The second-order valence-corrected chi connectivity index (χ2v) is 8.58. The van der Waals surface area contributed by atoms with Crippen molar-refractivity contribution in [2.45, 2.75) is 59.0 Å². The molecule has 2 atom stereocenters. The van der Waals surface area contributed by atoms with Crippen molar-refractivity contribution in [3.8, 4) is 11.5 Å². The van der Waals surface area contributed by atoms with Crippen LogP contribution in [0.15, 0.2) is 22.7 Å². The molecule has 0 aliphatic carbocycles. The zero-order chi connectivity index (χ0) is 22.0. The molecule has 0 aromatic carbocycles. The summed E-state index contributed by atoms with van der Waals surface area (Å²) in [6.45, 7) is 6.74. The molecule has 11 heteroatoms. The minimum absolute atomic E-state index is 0.209. The van der Waals surface area contributed by atoms with Gasteiger partial charge in [0.05, 0.1) is 12.6 Å². The highest BCUT2D eigenvalue weighted by molar-refractivity contribution is 5.65. The van der Waals surface area contributed by atoms with Crippen molar-refractivity contribution in [1.82, 2.24) is 30.3 Å². The summed E-state index contributed by atoms with van der Waals surface area (Å²) in [6, 6.07) is 4.64. The third kappa shape index (κ3) is 4.83. The summed E-state index contributed by atoms with van der Waals surface area (Å²) in [6.07, 6.45) is 1.67. The smallest absolute Gasteiger partial charge is 0.405 e. The number of amides is 1. The van der Waals surface area contributed by atoms with Crippen LogP contribution in [-0.4, -0.2) is 49.1 Å². The van der Waals surface area contributed by atoms with Crippen LogP contribution in [0.25, 0.3) is 17.1 Å². The number of fused-ring (bicyclic) bond motifs is 1. The van der Waals surface area contributed by atoms with Crippen molar-refractivity contribution in [3.05, 3.63) is 29.7 Å². The number of ether oxygens (including phenoxy) is 2. The first-order valence-corrected chi connectivity index (χ1v) is 10.2. The Bertz CT molecular complexity index is 1050. The van der Waals surface area contributed by atoms with E-state index in [0.29, 0.717) is 35.2 Å². The molecule has 3 aromatic rings. The third-order valence-electron chi connectivity index (χ3n) is 5.05. The summed E-state index contributed by atoms with van der Waals surface area (Å²) in [5.74, 6) is 0.854.